The van der Waals surface area contributed by atoms with Crippen LogP contribution in [0.4, 0.5) is 0 Å². The summed E-state index contributed by atoms with van der Waals surface area (Å²) in [5.41, 5.74) is 0.379. The molecule has 1 unspecified atom stereocenters. The highest BCUT2D eigenvalue weighted by atomic mass is 32.2. The summed E-state index contributed by atoms with van der Waals surface area (Å²) in [5.74, 6) is 1.78. The number of carbonyl (C=O) groups excluding carboxylic acids is 3. The lowest BCUT2D eigenvalue weighted by Crippen LogP contribution is -2.60. The molecule has 4 fully saturated rings. The molecule has 0 heterocycles. The summed E-state index contributed by atoms with van der Waals surface area (Å²) < 4.78 is 5.21. The van der Waals surface area contributed by atoms with Gasteiger partial charge in [0.1, 0.15) is 0 Å². The highest BCUT2D eigenvalue weighted by molar-refractivity contribution is 8.00. The molecular formula is C25H34N2O4S. The van der Waals surface area contributed by atoms with Gasteiger partial charge in [0.05, 0.1) is 11.3 Å². The van der Waals surface area contributed by atoms with E-state index in [4.69, 9.17) is 4.74 Å². The van der Waals surface area contributed by atoms with Gasteiger partial charge in [0.15, 0.2) is 6.61 Å². The van der Waals surface area contributed by atoms with Gasteiger partial charge in [-0.2, -0.15) is 0 Å². The SMILES string of the molecule is CCC(C)NC(=O)COC(=O)c1ccccc1SCC(=O)NC12CC3CC(CC(C3)C1)C2. The molecule has 0 saturated heterocycles. The van der Waals surface area contributed by atoms with Crippen LogP contribution in [0.5, 0.6) is 0 Å². The highest BCUT2D eigenvalue weighted by Crippen LogP contribution is 2.55. The Labute approximate surface area is 194 Å². The predicted molar refractivity (Wildman–Crippen MR) is 124 cm³/mol. The van der Waals surface area contributed by atoms with E-state index in [0.717, 1.165) is 43.4 Å². The van der Waals surface area contributed by atoms with Crippen LogP contribution in [0.15, 0.2) is 29.2 Å². The van der Waals surface area contributed by atoms with Crippen LogP contribution in [0.2, 0.25) is 0 Å². The van der Waals surface area contributed by atoms with E-state index in [1.165, 1.54) is 31.0 Å². The predicted octanol–water partition coefficient (Wildman–Crippen LogP) is 3.94. The molecule has 2 amide bonds. The molecule has 0 radical (unpaired) electrons. The van der Waals surface area contributed by atoms with Crippen LogP contribution in [0.3, 0.4) is 0 Å². The molecule has 4 saturated carbocycles. The fourth-order valence-corrected chi connectivity index (χ4v) is 6.97. The van der Waals surface area contributed by atoms with Crippen molar-refractivity contribution in [3.63, 3.8) is 0 Å². The van der Waals surface area contributed by atoms with Crippen molar-refractivity contribution in [3.8, 4) is 0 Å². The maximum absolute atomic E-state index is 12.8. The highest BCUT2D eigenvalue weighted by Gasteiger charge is 2.51. The van der Waals surface area contributed by atoms with Gasteiger partial charge in [0, 0.05) is 16.5 Å². The zero-order valence-corrected chi connectivity index (χ0v) is 19.8. The molecule has 0 spiro atoms. The Morgan fingerprint density at radius 1 is 1.06 bits per heavy atom. The van der Waals surface area contributed by atoms with E-state index >= 15 is 0 Å². The van der Waals surface area contributed by atoms with Crippen molar-refractivity contribution in [2.75, 3.05) is 12.4 Å². The third-order valence-corrected chi connectivity index (χ3v) is 8.34. The average Bonchev–Trinajstić information content (AvgIpc) is 2.75. The maximum atomic E-state index is 12.8. The standard InChI is InChI=1S/C25H34N2O4S/c1-3-16(2)26-22(28)14-31-24(30)20-6-4-5-7-21(20)32-15-23(29)27-25-11-17-8-18(12-25)10-19(9-17)13-25/h4-7,16-19H,3,8-15H2,1-2H3,(H,26,28)(H,27,29). The quantitative estimate of drug-likeness (QED) is 0.433. The Hall–Kier alpha value is -2.02. The van der Waals surface area contributed by atoms with Crippen molar-refractivity contribution in [2.45, 2.75) is 75.3 Å². The molecule has 1 atom stereocenters. The minimum atomic E-state index is -0.547. The summed E-state index contributed by atoms with van der Waals surface area (Å²) in [5, 5.41) is 6.16. The third-order valence-electron chi connectivity index (χ3n) is 7.26. The molecule has 0 aliphatic heterocycles. The van der Waals surface area contributed by atoms with Crippen LogP contribution < -0.4 is 10.6 Å². The molecule has 1 aromatic rings. The number of amides is 2. The van der Waals surface area contributed by atoms with Gasteiger partial charge in [-0.15, -0.1) is 11.8 Å². The molecular weight excluding hydrogens is 424 g/mol. The Morgan fingerprint density at radius 2 is 1.69 bits per heavy atom. The number of thioether (sulfide) groups is 1. The maximum Gasteiger partial charge on any atom is 0.339 e. The fraction of sp³-hybridized carbons (Fsp3) is 0.640. The zero-order valence-electron chi connectivity index (χ0n) is 19.0. The van der Waals surface area contributed by atoms with Gasteiger partial charge in [-0.1, -0.05) is 19.1 Å². The first-order valence-corrected chi connectivity index (χ1v) is 12.8. The lowest BCUT2D eigenvalue weighted by atomic mass is 9.53. The second kappa shape index (κ2) is 9.86. The molecule has 4 aliphatic carbocycles. The van der Waals surface area contributed by atoms with E-state index in [1.807, 2.05) is 26.0 Å². The molecule has 5 rings (SSSR count). The van der Waals surface area contributed by atoms with Crippen molar-refractivity contribution in [2.24, 2.45) is 17.8 Å². The first-order valence-electron chi connectivity index (χ1n) is 11.8. The Balaban J connectivity index is 1.30. The lowest BCUT2D eigenvalue weighted by molar-refractivity contribution is -0.125. The zero-order chi connectivity index (χ0) is 22.7. The van der Waals surface area contributed by atoms with Crippen LogP contribution in [-0.4, -0.2) is 41.7 Å². The molecule has 4 bridgehead atoms. The number of ether oxygens (including phenoxy) is 1. The van der Waals surface area contributed by atoms with Crippen LogP contribution in [0.25, 0.3) is 0 Å². The summed E-state index contributed by atoms with van der Waals surface area (Å²) in [6.45, 7) is 3.57. The monoisotopic (exact) mass is 458 g/mol. The summed E-state index contributed by atoms with van der Waals surface area (Å²) in [6.07, 6.45) is 8.20. The number of benzene rings is 1. The Kier molecular flexibility index (Phi) is 7.13. The second-order valence-corrected chi connectivity index (χ2v) is 11.0. The molecule has 1 aromatic carbocycles. The van der Waals surface area contributed by atoms with Crippen LogP contribution in [0, 0.1) is 17.8 Å². The number of esters is 1. The smallest absolute Gasteiger partial charge is 0.339 e. The molecule has 6 nitrogen and oxygen atoms in total. The summed E-state index contributed by atoms with van der Waals surface area (Å²) in [7, 11) is 0. The Morgan fingerprint density at radius 3 is 2.31 bits per heavy atom. The average molecular weight is 459 g/mol. The van der Waals surface area contributed by atoms with E-state index in [1.54, 1.807) is 12.1 Å². The van der Waals surface area contributed by atoms with E-state index in [-0.39, 0.29) is 35.8 Å². The van der Waals surface area contributed by atoms with Crippen molar-refractivity contribution in [3.05, 3.63) is 29.8 Å². The third kappa shape index (κ3) is 5.48. The minimum Gasteiger partial charge on any atom is -0.452 e. The van der Waals surface area contributed by atoms with Crippen LogP contribution in [-0.2, 0) is 14.3 Å². The van der Waals surface area contributed by atoms with Gasteiger partial charge in [-0.3, -0.25) is 9.59 Å². The van der Waals surface area contributed by atoms with E-state index < -0.39 is 5.97 Å². The van der Waals surface area contributed by atoms with Crippen molar-refractivity contribution in [1.29, 1.82) is 0 Å². The summed E-state index contributed by atoms with van der Waals surface area (Å²) in [6, 6.07) is 7.13. The van der Waals surface area contributed by atoms with Gasteiger partial charge in [-0.25, -0.2) is 4.79 Å². The molecule has 174 valence electrons. The van der Waals surface area contributed by atoms with Crippen LogP contribution >= 0.6 is 11.8 Å². The number of nitrogens with one attached hydrogen (secondary N) is 2. The summed E-state index contributed by atoms with van der Waals surface area (Å²) >= 11 is 1.35. The van der Waals surface area contributed by atoms with Crippen LogP contribution in [0.1, 0.15) is 69.2 Å². The van der Waals surface area contributed by atoms with Gasteiger partial charge in [0.2, 0.25) is 5.91 Å². The van der Waals surface area contributed by atoms with Crippen molar-refractivity contribution in [1.82, 2.24) is 10.6 Å². The van der Waals surface area contributed by atoms with Gasteiger partial charge in [0.25, 0.3) is 5.91 Å². The first kappa shape index (κ1) is 23.1. The first-order chi connectivity index (χ1) is 15.4. The second-order valence-electron chi connectivity index (χ2n) is 9.98. The molecule has 7 heteroatoms. The van der Waals surface area contributed by atoms with Gasteiger partial charge < -0.3 is 15.4 Å². The molecule has 32 heavy (non-hydrogen) atoms. The molecule has 4 aliphatic rings. The topological polar surface area (TPSA) is 84.5 Å². The van der Waals surface area contributed by atoms with Gasteiger partial charge >= 0.3 is 5.97 Å². The normalized spacial score (nSPS) is 28.8. The fourth-order valence-electron chi connectivity index (χ4n) is 6.13. The number of rotatable bonds is 9. The number of hydrogen-bond donors (Lipinski definition) is 2. The number of carbonyl (C=O) groups is 3. The Bertz CT molecular complexity index is 836. The lowest BCUT2D eigenvalue weighted by Gasteiger charge is -2.56. The van der Waals surface area contributed by atoms with Gasteiger partial charge in [-0.05, 0) is 81.8 Å². The van der Waals surface area contributed by atoms with E-state index in [9.17, 15) is 14.4 Å². The van der Waals surface area contributed by atoms with Crippen molar-refractivity contribution >= 4 is 29.5 Å². The largest absolute Gasteiger partial charge is 0.452 e. The summed E-state index contributed by atoms with van der Waals surface area (Å²) in [4.78, 5) is 38.0. The number of hydrogen-bond acceptors (Lipinski definition) is 5. The minimum absolute atomic E-state index is 0.00612. The molecule has 2 N–H and O–H groups in total. The van der Waals surface area contributed by atoms with E-state index in [2.05, 4.69) is 10.6 Å². The van der Waals surface area contributed by atoms with Crippen molar-refractivity contribution < 1.29 is 19.1 Å². The van der Waals surface area contributed by atoms with E-state index in [0.29, 0.717) is 10.5 Å². The molecule has 0 aromatic heterocycles.